The number of benzene rings is 4. The summed E-state index contributed by atoms with van der Waals surface area (Å²) in [5.41, 5.74) is 30.9. The Morgan fingerprint density at radius 2 is 0.571 bits per heavy atom. The monoisotopic (exact) mass is 1030 g/mol. The molecule has 6 N–H and O–H groups in total. The molecule has 0 aliphatic heterocycles. The lowest BCUT2D eigenvalue weighted by Gasteiger charge is -2.66. The number of phenolic OH excluding ortho intramolecular Hbond substituents is 2. The first-order valence-corrected chi connectivity index (χ1v) is 31.7. The van der Waals surface area contributed by atoms with Crippen LogP contribution in [0, 0.1) is 67.0 Å². The van der Waals surface area contributed by atoms with Crippen molar-refractivity contribution >= 4 is 11.4 Å². The topological polar surface area (TPSA) is 92.5 Å². The Morgan fingerprint density at radius 3 is 0.857 bits per heavy atom. The van der Waals surface area contributed by atoms with Gasteiger partial charge in [-0.05, 0) is 301 Å². The van der Waals surface area contributed by atoms with Crippen LogP contribution in [0.25, 0.3) is 11.1 Å². The number of hydrogen-bond acceptors (Lipinski definition) is 4. The third kappa shape index (κ3) is 6.25. The molecule has 0 amide bonds. The number of nitrogens with two attached hydrogens (primary N) is 2. The van der Waals surface area contributed by atoms with Gasteiger partial charge in [0.25, 0.3) is 0 Å². The van der Waals surface area contributed by atoms with Gasteiger partial charge in [-0.25, -0.2) is 0 Å². The highest BCUT2D eigenvalue weighted by Gasteiger charge is 2.66. The number of phenols is 2. The maximum absolute atomic E-state index is 12.9. The van der Waals surface area contributed by atoms with Crippen LogP contribution in [-0.4, -0.2) is 10.2 Å². The number of fused-ring (bicyclic) bond motifs is 3. The lowest BCUT2D eigenvalue weighted by Crippen LogP contribution is -2.57. The van der Waals surface area contributed by atoms with Crippen LogP contribution in [0.3, 0.4) is 0 Å². The second-order valence-corrected chi connectivity index (χ2v) is 35.8. The minimum atomic E-state index is -0.817. The zero-order chi connectivity index (χ0) is 52.9. The molecule has 0 radical (unpaired) electrons. The van der Waals surface area contributed by atoms with Crippen molar-refractivity contribution < 1.29 is 10.2 Å². The van der Waals surface area contributed by atoms with Gasteiger partial charge in [0.2, 0.25) is 0 Å². The fraction of sp³-hybridized carbons (Fsp3) is 0.671. The fourth-order valence-electron chi connectivity index (χ4n) is 29.4. The minimum Gasteiger partial charge on any atom is -0.505 e. The summed E-state index contributed by atoms with van der Waals surface area (Å²) >= 11 is 0. The molecular formula is C73H92N2O2. The predicted octanol–water partition coefficient (Wildman–Crippen LogP) is 17.6. The Hall–Kier alpha value is -3.92. The summed E-state index contributed by atoms with van der Waals surface area (Å²) in [6, 6.07) is 25.5. The molecule has 406 valence electrons. The second kappa shape index (κ2) is 13.9. The van der Waals surface area contributed by atoms with Crippen molar-refractivity contribution in [2.75, 3.05) is 11.5 Å². The highest BCUT2D eigenvalue weighted by Crippen LogP contribution is 2.76. The van der Waals surface area contributed by atoms with Crippen LogP contribution in [0.1, 0.15) is 254 Å². The Kier molecular flexibility index (Phi) is 8.61. The molecule has 16 bridgehead atoms. The maximum atomic E-state index is 12.9. The third-order valence-corrected chi connectivity index (χ3v) is 27.2. The minimum absolute atomic E-state index is 0.125. The lowest BCUT2D eigenvalue weighted by atomic mass is 9.39. The third-order valence-electron chi connectivity index (χ3n) is 27.2. The summed E-state index contributed by atoms with van der Waals surface area (Å²) in [6.07, 6.45) is 30.3. The standard InChI is InChI=1S/C73H92N2O2/c1-61-19-43-20-62(2,31-61)36-69(27-43,35-61)47-9-11-51-52-12-10-48(70-28-44-21-63(3,37-70)32-64(4,22-44)38-70)14-54(52)73(53(51)13-47,49-15-55(59(76)57(74)17-49)71-29-45-23-65(5,39-71)33-66(6,24-45)40-71)50-16-56(60(77)58(75)18-50)72-30-46-25-67(7,41-72)34-68(8,26-46)42-72/h9-18,43-46,76-77H,19-42,74-75H2,1-8H3. The first kappa shape index (κ1) is 47.8. The van der Waals surface area contributed by atoms with E-state index >= 15 is 0 Å². The van der Waals surface area contributed by atoms with E-state index in [2.05, 4.69) is 116 Å². The van der Waals surface area contributed by atoms with E-state index in [4.69, 9.17) is 11.5 Å². The van der Waals surface area contributed by atoms with Gasteiger partial charge in [-0.2, -0.15) is 0 Å². The summed E-state index contributed by atoms with van der Waals surface area (Å²) < 4.78 is 0. The molecule has 17 aliphatic carbocycles. The van der Waals surface area contributed by atoms with Crippen molar-refractivity contribution in [2.24, 2.45) is 67.0 Å². The van der Waals surface area contributed by atoms with Gasteiger partial charge in [0.15, 0.2) is 0 Å². The molecule has 16 fully saturated rings. The molecule has 21 rings (SSSR count). The molecule has 16 saturated carbocycles. The van der Waals surface area contributed by atoms with E-state index in [0.717, 1.165) is 61.5 Å². The van der Waals surface area contributed by atoms with E-state index in [9.17, 15) is 10.2 Å². The Morgan fingerprint density at radius 1 is 0.312 bits per heavy atom. The molecule has 4 nitrogen and oxygen atoms in total. The first-order valence-electron chi connectivity index (χ1n) is 31.7. The van der Waals surface area contributed by atoms with Gasteiger partial charge in [0, 0.05) is 22.0 Å². The van der Waals surface area contributed by atoms with Crippen molar-refractivity contribution in [3.05, 3.63) is 105 Å². The Balaban J connectivity index is 0.967. The Labute approximate surface area is 462 Å². The normalized spacial score (nSPS) is 50.2. The van der Waals surface area contributed by atoms with Crippen LogP contribution in [0.5, 0.6) is 11.5 Å². The number of aromatic hydroxyl groups is 2. The predicted molar refractivity (Wildman–Crippen MR) is 312 cm³/mol. The van der Waals surface area contributed by atoms with E-state index in [1.807, 2.05) is 0 Å². The van der Waals surface area contributed by atoms with Crippen LogP contribution in [0.4, 0.5) is 11.4 Å². The maximum Gasteiger partial charge on any atom is 0.142 e. The van der Waals surface area contributed by atoms with Gasteiger partial charge in [0.05, 0.1) is 16.8 Å². The fourth-order valence-corrected chi connectivity index (χ4v) is 29.4. The van der Waals surface area contributed by atoms with Gasteiger partial charge in [-0.3, -0.25) is 0 Å². The molecule has 4 heteroatoms. The molecule has 0 aromatic heterocycles. The van der Waals surface area contributed by atoms with E-state index in [-0.39, 0.29) is 43.3 Å². The number of rotatable bonds is 6. The average molecular weight is 1030 g/mol. The summed E-state index contributed by atoms with van der Waals surface area (Å²) in [5, 5.41) is 25.8. The van der Waals surface area contributed by atoms with E-state index in [1.165, 1.54) is 149 Å². The van der Waals surface area contributed by atoms with Crippen LogP contribution >= 0.6 is 0 Å². The van der Waals surface area contributed by atoms with Crippen molar-refractivity contribution in [1.82, 2.24) is 0 Å². The van der Waals surface area contributed by atoms with E-state index in [1.54, 1.807) is 11.1 Å². The number of hydrogen-bond donors (Lipinski definition) is 4. The van der Waals surface area contributed by atoms with E-state index < -0.39 is 5.41 Å². The van der Waals surface area contributed by atoms with Crippen LogP contribution < -0.4 is 11.5 Å². The van der Waals surface area contributed by atoms with Gasteiger partial charge >= 0.3 is 0 Å². The highest BCUT2D eigenvalue weighted by atomic mass is 16.3. The van der Waals surface area contributed by atoms with Gasteiger partial charge < -0.3 is 21.7 Å². The molecule has 4 aromatic rings. The lowest BCUT2D eigenvalue weighted by molar-refractivity contribution is -0.110. The van der Waals surface area contributed by atoms with Gasteiger partial charge in [-0.1, -0.05) is 91.8 Å². The van der Waals surface area contributed by atoms with Crippen LogP contribution in [0.15, 0.2) is 60.7 Å². The molecule has 0 saturated heterocycles. The summed E-state index contributed by atoms with van der Waals surface area (Å²) in [7, 11) is 0. The molecule has 17 aliphatic rings. The molecule has 8 atom stereocenters. The molecule has 77 heavy (non-hydrogen) atoms. The van der Waals surface area contributed by atoms with Gasteiger partial charge in [-0.15, -0.1) is 0 Å². The van der Waals surface area contributed by atoms with Crippen LogP contribution in [0.2, 0.25) is 0 Å². The quantitative estimate of drug-likeness (QED) is 0.101. The molecule has 8 unspecified atom stereocenters. The zero-order valence-electron chi connectivity index (χ0n) is 48.6. The molecule has 0 heterocycles. The number of nitrogen functional groups attached to an aromatic ring is 2. The molecule has 4 aromatic carbocycles. The first-order chi connectivity index (χ1) is 36.1. The molecule has 0 spiro atoms. The van der Waals surface area contributed by atoms with Crippen molar-refractivity contribution in [1.29, 1.82) is 0 Å². The largest absolute Gasteiger partial charge is 0.505 e. The smallest absolute Gasteiger partial charge is 0.142 e. The zero-order valence-corrected chi connectivity index (χ0v) is 48.6. The second-order valence-electron chi connectivity index (χ2n) is 35.8. The summed E-state index contributed by atoms with van der Waals surface area (Å²) in [6.45, 7) is 20.9. The van der Waals surface area contributed by atoms with Crippen molar-refractivity contribution in [2.45, 2.75) is 237 Å². The van der Waals surface area contributed by atoms with Crippen molar-refractivity contribution in [3.63, 3.8) is 0 Å². The molecular weight excluding hydrogens is 937 g/mol. The van der Waals surface area contributed by atoms with Crippen LogP contribution in [-0.2, 0) is 27.1 Å². The van der Waals surface area contributed by atoms with E-state index in [0.29, 0.717) is 56.4 Å². The van der Waals surface area contributed by atoms with Crippen molar-refractivity contribution in [3.8, 4) is 22.6 Å². The Bertz CT molecular complexity index is 3050. The summed E-state index contributed by atoms with van der Waals surface area (Å²) in [4.78, 5) is 0. The summed E-state index contributed by atoms with van der Waals surface area (Å²) in [5.74, 6) is 3.52. The highest BCUT2D eigenvalue weighted by molar-refractivity contribution is 5.88. The van der Waals surface area contributed by atoms with Gasteiger partial charge in [0.1, 0.15) is 11.5 Å². The average Bonchev–Trinajstić information content (AvgIpc) is 3.85. The SMILES string of the molecule is CC12CC3CC(C)(C1)CC(c1ccc4c(c1)C(c1cc(N)c(O)c(C56CC7CC(C)(CC(C)(C7)C5)C6)c1)(c1cc(N)c(O)c(C56CC7CC(C)(CC(C)(C7)C5)C6)c1)c1cc(C56CC7CC(C)(CC(C)(C7)C5)C6)ccc1-4)(C3)C2. The number of anilines is 2.